The number of anilines is 2. The number of hydrogen-bond acceptors (Lipinski definition) is 9. The second kappa shape index (κ2) is 22.4. The van der Waals surface area contributed by atoms with Gasteiger partial charge >= 0.3 is 17.9 Å². The van der Waals surface area contributed by atoms with Gasteiger partial charge in [-0.15, -0.1) is 0 Å². The van der Waals surface area contributed by atoms with E-state index in [9.17, 15) is 34.5 Å². The molecule has 0 saturated heterocycles. The molecule has 54 heavy (non-hydrogen) atoms. The summed E-state index contributed by atoms with van der Waals surface area (Å²) in [6.45, 7) is 12.6. The highest BCUT2D eigenvalue weighted by Gasteiger charge is 2.28. The van der Waals surface area contributed by atoms with E-state index in [1.54, 1.807) is 54.6 Å². The Balaban J connectivity index is 0.000000243. The van der Waals surface area contributed by atoms with Gasteiger partial charge in [0.15, 0.2) is 5.78 Å². The number of ketones is 1. The number of cyclic esters (lactones) is 2. The van der Waals surface area contributed by atoms with Gasteiger partial charge in [0, 0.05) is 55.2 Å². The van der Waals surface area contributed by atoms with Crippen molar-refractivity contribution >= 4 is 35.1 Å². The van der Waals surface area contributed by atoms with Crippen LogP contribution in [0.3, 0.4) is 0 Å². The number of carbonyl (C=O) groups is 4. The van der Waals surface area contributed by atoms with Crippen LogP contribution in [0.1, 0.15) is 126 Å². The maximum Gasteiger partial charge on any atom is 0.346 e. The molecule has 0 bridgehead atoms. The van der Waals surface area contributed by atoms with Crippen molar-refractivity contribution in [3.63, 3.8) is 0 Å². The molecule has 0 radical (unpaired) electrons. The molecule has 1 aliphatic heterocycles. The third-order valence-electron chi connectivity index (χ3n) is 8.87. The molecule has 0 aromatic heterocycles. The molecule has 10 nitrogen and oxygen atoms in total. The first-order valence-corrected chi connectivity index (χ1v) is 18.9. The number of unbranched alkanes of at least 4 members (excludes halogenated alkanes) is 4. The van der Waals surface area contributed by atoms with Crippen LogP contribution in [0.25, 0.3) is 0 Å². The lowest BCUT2D eigenvalue weighted by molar-refractivity contribution is 0.0442. The number of carboxylic acid groups (broad SMARTS) is 1. The first-order valence-electron chi connectivity index (χ1n) is 18.9. The van der Waals surface area contributed by atoms with Gasteiger partial charge in [-0.3, -0.25) is 4.79 Å². The highest BCUT2D eigenvalue weighted by Crippen LogP contribution is 2.28. The van der Waals surface area contributed by atoms with E-state index in [1.165, 1.54) is 37.8 Å². The van der Waals surface area contributed by atoms with Gasteiger partial charge < -0.3 is 29.9 Å². The molecule has 0 spiro atoms. The van der Waals surface area contributed by atoms with E-state index in [2.05, 4.69) is 48.3 Å². The predicted octanol–water partition coefficient (Wildman–Crippen LogP) is 9.52. The number of phenols is 2. The third-order valence-corrected chi connectivity index (χ3v) is 8.87. The highest BCUT2D eigenvalue weighted by molar-refractivity contribution is 6.16. The number of fused-ring (bicyclic) bond motifs is 1. The molecule has 0 fully saturated rings. The average Bonchev–Trinajstić information content (AvgIpc) is 3.47. The molecule has 288 valence electrons. The average molecular weight is 739 g/mol. The Hall–Kier alpha value is -5.64. The minimum atomic E-state index is -1.17. The van der Waals surface area contributed by atoms with E-state index in [0.717, 1.165) is 63.2 Å². The second-order valence-corrected chi connectivity index (χ2v) is 13.0. The predicted molar refractivity (Wildman–Crippen MR) is 213 cm³/mol. The lowest BCUT2D eigenvalue weighted by Gasteiger charge is -2.25. The van der Waals surface area contributed by atoms with Crippen LogP contribution in [0.2, 0.25) is 0 Å². The zero-order valence-electron chi connectivity index (χ0n) is 31.9. The van der Waals surface area contributed by atoms with Gasteiger partial charge in [-0.25, -0.2) is 14.4 Å². The van der Waals surface area contributed by atoms with Crippen LogP contribution >= 0.6 is 0 Å². The molecular formula is C44H54N2O8. The van der Waals surface area contributed by atoms with E-state index in [4.69, 9.17) is 0 Å². The molecule has 0 aliphatic carbocycles. The van der Waals surface area contributed by atoms with Crippen molar-refractivity contribution in [2.45, 2.75) is 79.1 Å². The van der Waals surface area contributed by atoms with Crippen LogP contribution in [0, 0.1) is 0 Å². The van der Waals surface area contributed by atoms with Crippen LogP contribution < -0.4 is 9.80 Å². The minimum absolute atomic E-state index is 0.0708. The summed E-state index contributed by atoms with van der Waals surface area (Å²) in [7, 11) is 0. The molecule has 1 heterocycles. The van der Waals surface area contributed by atoms with Crippen molar-refractivity contribution in [2.24, 2.45) is 0 Å². The number of carboxylic acids is 1. The maximum absolute atomic E-state index is 12.8. The number of carbonyl (C=O) groups excluding carboxylic acids is 3. The summed E-state index contributed by atoms with van der Waals surface area (Å²) in [5.74, 6) is -2.53. The van der Waals surface area contributed by atoms with E-state index in [0.29, 0.717) is 16.9 Å². The van der Waals surface area contributed by atoms with Gasteiger partial charge in [-0.05, 0) is 68.1 Å². The Morgan fingerprint density at radius 3 is 1.46 bits per heavy atom. The Labute approximate surface area is 319 Å². The molecule has 0 atom stereocenters. The van der Waals surface area contributed by atoms with E-state index < -0.39 is 23.7 Å². The monoisotopic (exact) mass is 738 g/mol. The SMILES string of the molecule is CCCCN(CCCC)c1ccc(C(=O)c2ccccc2C(=O)O)c(O)c1.CCCCN(CCCC)c1cccc(O)c1.O=C1OC(=O)c2ccccc21. The topological polar surface area (TPSA) is 145 Å². The van der Waals surface area contributed by atoms with Gasteiger partial charge in [0.05, 0.1) is 22.3 Å². The summed E-state index contributed by atoms with van der Waals surface area (Å²) < 4.78 is 4.35. The van der Waals surface area contributed by atoms with Gasteiger partial charge in [-0.2, -0.15) is 0 Å². The fraction of sp³-hybridized carbons (Fsp3) is 0.364. The number of benzene rings is 4. The molecule has 5 rings (SSSR count). The number of rotatable bonds is 17. The Bertz CT molecular complexity index is 1790. The van der Waals surface area contributed by atoms with Gasteiger partial charge in [0.25, 0.3) is 0 Å². The summed E-state index contributed by atoms with van der Waals surface area (Å²) >= 11 is 0. The Morgan fingerprint density at radius 1 is 0.556 bits per heavy atom. The number of ether oxygens (including phenoxy) is 1. The van der Waals surface area contributed by atoms with Gasteiger partial charge in [0.1, 0.15) is 11.5 Å². The Kier molecular flexibility index (Phi) is 17.8. The van der Waals surface area contributed by atoms with Crippen molar-refractivity contribution in [2.75, 3.05) is 36.0 Å². The van der Waals surface area contributed by atoms with Crippen LogP contribution in [-0.2, 0) is 4.74 Å². The molecule has 4 aromatic carbocycles. The van der Waals surface area contributed by atoms with Crippen molar-refractivity contribution < 1.29 is 39.2 Å². The molecule has 0 unspecified atom stereocenters. The van der Waals surface area contributed by atoms with Gasteiger partial charge in [-0.1, -0.05) is 89.8 Å². The molecular weight excluding hydrogens is 684 g/mol. The lowest BCUT2D eigenvalue weighted by Crippen LogP contribution is -2.25. The van der Waals surface area contributed by atoms with Crippen molar-refractivity contribution in [1.82, 2.24) is 0 Å². The zero-order valence-corrected chi connectivity index (χ0v) is 31.9. The van der Waals surface area contributed by atoms with Crippen molar-refractivity contribution in [3.05, 3.63) is 119 Å². The van der Waals surface area contributed by atoms with Crippen LogP contribution in [0.4, 0.5) is 11.4 Å². The molecule has 0 amide bonds. The summed E-state index contributed by atoms with van der Waals surface area (Å²) in [5, 5.41) is 29.2. The number of hydrogen-bond donors (Lipinski definition) is 3. The first-order chi connectivity index (χ1) is 26.1. The second-order valence-electron chi connectivity index (χ2n) is 13.0. The number of esters is 2. The number of aromatic hydroxyl groups is 2. The summed E-state index contributed by atoms with van der Waals surface area (Å²) in [4.78, 5) is 50.4. The molecule has 1 aliphatic rings. The summed E-state index contributed by atoms with van der Waals surface area (Å²) in [5.41, 5.74) is 2.84. The van der Waals surface area contributed by atoms with Crippen molar-refractivity contribution in [3.8, 4) is 11.5 Å². The minimum Gasteiger partial charge on any atom is -0.508 e. The highest BCUT2D eigenvalue weighted by atomic mass is 16.6. The van der Waals surface area contributed by atoms with E-state index >= 15 is 0 Å². The molecule has 3 N–H and O–H groups in total. The largest absolute Gasteiger partial charge is 0.508 e. The fourth-order valence-corrected chi connectivity index (χ4v) is 5.78. The number of aromatic carboxylic acids is 1. The van der Waals surface area contributed by atoms with Gasteiger partial charge in [0.2, 0.25) is 0 Å². The molecule has 10 heteroatoms. The Morgan fingerprint density at radius 2 is 1.02 bits per heavy atom. The molecule has 4 aromatic rings. The quantitative estimate of drug-likeness (QED) is 0.0544. The fourth-order valence-electron chi connectivity index (χ4n) is 5.78. The van der Waals surface area contributed by atoms with Crippen LogP contribution in [0.5, 0.6) is 11.5 Å². The smallest absolute Gasteiger partial charge is 0.346 e. The maximum atomic E-state index is 12.8. The number of nitrogens with zero attached hydrogens (tertiary/aromatic N) is 2. The number of phenolic OH excluding ortho intramolecular Hbond substituents is 2. The van der Waals surface area contributed by atoms with Crippen LogP contribution in [-0.4, -0.2) is 65.2 Å². The first kappa shape index (κ1) is 42.8. The normalized spacial score (nSPS) is 11.3. The standard InChI is InChI=1S/C22H27NO4.C14H23NO.C8H4O3/c1-3-5-13-23(14-6-4-2)16-11-12-19(20(24)15-16)21(25)17-9-7-8-10-18(17)22(26)27;1-3-5-10-15(11-6-4-2)13-8-7-9-14(16)12-13;9-7-5-3-1-2-4-6(5)8(10)11-7/h7-12,15,24H,3-6,13-14H2,1-2H3,(H,26,27);7-9,12,16H,3-6,10-11H2,1-2H3;1-4H. The van der Waals surface area contributed by atoms with E-state index in [-0.39, 0.29) is 22.4 Å². The van der Waals surface area contributed by atoms with E-state index in [1.807, 2.05) is 18.2 Å². The summed E-state index contributed by atoms with van der Waals surface area (Å²) in [6.07, 6.45) is 9.10. The lowest BCUT2D eigenvalue weighted by atomic mass is 9.97. The zero-order chi connectivity index (χ0) is 39.5. The molecule has 0 saturated carbocycles. The van der Waals surface area contributed by atoms with Crippen LogP contribution in [0.15, 0.2) is 91.0 Å². The summed E-state index contributed by atoms with van der Waals surface area (Å²) in [6, 6.07) is 25.1. The third kappa shape index (κ3) is 12.5. The van der Waals surface area contributed by atoms with Crippen molar-refractivity contribution in [1.29, 1.82) is 0 Å².